The van der Waals surface area contributed by atoms with Crippen LogP contribution in [0.15, 0.2) is 24.3 Å². The fourth-order valence-corrected chi connectivity index (χ4v) is 3.41. The van der Waals surface area contributed by atoms with E-state index in [-0.39, 0.29) is 0 Å². The van der Waals surface area contributed by atoms with Gasteiger partial charge in [0.1, 0.15) is 0 Å². The maximum Gasteiger partial charge on any atom is 0.00704 e. The van der Waals surface area contributed by atoms with Crippen molar-refractivity contribution < 1.29 is 0 Å². The van der Waals surface area contributed by atoms with E-state index in [4.69, 9.17) is 5.73 Å². The van der Waals surface area contributed by atoms with Crippen LogP contribution in [0, 0.1) is 24.7 Å². The molecule has 1 saturated carbocycles. The Bertz CT molecular complexity index is 398. The minimum absolute atomic E-state index is 0.385. The smallest absolute Gasteiger partial charge is 0.00704 e. The molecule has 4 atom stereocenters. The van der Waals surface area contributed by atoms with Crippen LogP contribution < -0.4 is 5.73 Å². The molecule has 2 rings (SSSR count). The highest BCUT2D eigenvalue weighted by molar-refractivity contribution is 5.22. The summed E-state index contributed by atoms with van der Waals surface area (Å²) in [5, 5.41) is 0. The largest absolute Gasteiger partial charge is 0.327 e. The van der Waals surface area contributed by atoms with Crippen molar-refractivity contribution in [3.63, 3.8) is 0 Å². The molecule has 2 N–H and O–H groups in total. The number of benzene rings is 1. The first kappa shape index (κ1) is 14.6. The van der Waals surface area contributed by atoms with E-state index in [0.717, 1.165) is 30.6 Å². The van der Waals surface area contributed by atoms with Crippen LogP contribution in [-0.2, 0) is 6.42 Å². The fourth-order valence-electron chi connectivity index (χ4n) is 3.41. The van der Waals surface area contributed by atoms with Crippen LogP contribution in [0.5, 0.6) is 0 Å². The van der Waals surface area contributed by atoms with Crippen molar-refractivity contribution in [2.75, 3.05) is 0 Å². The van der Waals surface area contributed by atoms with Gasteiger partial charge in [-0.25, -0.2) is 0 Å². The number of aryl methyl sites for hydroxylation is 2. The summed E-state index contributed by atoms with van der Waals surface area (Å²) in [5.41, 5.74) is 9.23. The van der Waals surface area contributed by atoms with E-state index in [1.165, 1.54) is 30.4 Å². The highest BCUT2D eigenvalue weighted by Gasteiger charge is 2.28. The van der Waals surface area contributed by atoms with Gasteiger partial charge in [0.15, 0.2) is 0 Å². The SMILES string of the molecule is Cc1cccc(CCC(N)C2CCC(C)C(C)C2)c1. The molecule has 0 spiro atoms. The lowest BCUT2D eigenvalue weighted by Gasteiger charge is -2.35. The highest BCUT2D eigenvalue weighted by atomic mass is 14.7. The summed E-state index contributed by atoms with van der Waals surface area (Å²) < 4.78 is 0. The van der Waals surface area contributed by atoms with Gasteiger partial charge >= 0.3 is 0 Å². The second kappa shape index (κ2) is 6.56. The Morgan fingerprint density at radius 1 is 1.21 bits per heavy atom. The van der Waals surface area contributed by atoms with Gasteiger partial charge < -0.3 is 5.73 Å². The lowest BCUT2D eigenvalue weighted by atomic mass is 9.72. The Morgan fingerprint density at radius 3 is 2.68 bits per heavy atom. The predicted octanol–water partition coefficient (Wildman–Crippen LogP) is 4.33. The molecule has 1 aromatic carbocycles. The molecule has 106 valence electrons. The lowest BCUT2D eigenvalue weighted by Crippen LogP contribution is -2.35. The van der Waals surface area contributed by atoms with E-state index in [9.17, 15) is 0 Å². The zero-order valence-electron chi connectivity index (χ0n) is 12.7. The number of hydrogen-bond donors (Lipinski definition) is 1. The Labute approximate surface area is 118 Å². The molecule has 0 aliphatic heterocycles. The molecule has 0 bridgehead atoms. The van der Waals surface area contributed by atoms with Crippen molar-refractivity contribution in [1.29, 1.82) is 0 Å². The van der Waals surface area contributed by atoms with Crippen LogP contribution in [-0.4, -0.2) is 6.04 Å². The molecular weight excluding hydrogens is 230 g/mol. The summed E-state index contributed by atoms with van der Waals surface area (Å²) >= 11 is 0. The first-order valence-corrected chi connectivity index (χ1v) is 7.87. The molecule has 0 aromatic heterocycles. The molecule has 4 unspecified atom stereocenters. The number of rotatable bonds is 4. The molecule has 0 radical (unpaired) electrons. The van der Waals surface area contributed by atoms with Gasteiger partial charge in [0.2, 0.25) is 0 Å². The third-order valence-corrected chi connectivity index (χ3v) is 5.09. The second-order valence-electron chi connectivity index (χ2n) is 6.72. The molecular formula is C18H29N. The van der Waals surface area contributed by atoms with E-state index in [1.807, 2.05) is 0 Å². The molecule has 0 saturated heterocycles. The quantitative estimate of drug-likeness (QED) is 0.856. The van der Waals surface area contributed by atoms with Crippen molar-refractivity contribution in [1.82, 2.24) is 0 Å². The minimum atomic E-state index is 0.385. The second-order valence-corrected chi connectivity index (χ2v) is 6.72. The van der Waals surface area contributed by atoms with Gasteiger partial charge in [-0.2, -0.15) is 0 Å². The van der Waals surface area contributed by atoms with E-state index in [0.29, 0.717) is 6.04 Å². The fraction of sp³-hybridized carbons (Fsp3) is 0.667. The summed E-state index contributed by atoms with van der Waals surface area (Å²) in [6.07, 6.45) is 6.29. The summed E-state index contributed by atoms with van der Waals surface area (Å²) in [5.74, 6) is 2.49. The van der Waals surface area contributed by atoms with E-state index in [1.54, 1.807) is 0 Å². The van der Waals surface area contributed by atoms with Crippen molar-refractivity contribution in [3.05, 3.63) is 35.4 Å². The Morgan fingerprint density at radius 2 is 2.00 bits per heavy atom. The monoisotopic (exact) mass is 259 g/mol. The topological polar surface area (TPSA) is 26.0 Å². The van der Waals surface area contributed by atoms with Crippen molar-refractivity contribution in [2.24, 2.45) is 23.5 Å². The first-order chi connectivity index (χ1) is 9.06. The number of hydrogen-bond acceptors (Lipinski definition) is 1. The zero-order valence-corrected chi connectivity index (χ0v) is 12.7. The molecule has 1 fully saturated rings. The molecule has 0 heterocycles. The van der Waals surface area contributed by atoms with Gasteiger partial charge in [0.25, 0.3) is 0 Å². The van der Waals surface area contributed by atoms with Gasteiger partial charge in [-0.3, -0.25) is 0 Å². The average Bonchev–Trinajstić information content (AvgIpc) is 2.39. The third-order valence-electron chi connectivity index (χ3n) is 5.09. The van der Waals surface area contributed by atoms with Crippen molar-refractivity contribution >= 4 is 0 Å². The van der Waals surface area contributed by atoms with Gasteiger partial charge in [-0.1, -0.05) is 50.1 Å². The normalized spacial score (nSPS) is 29.2. The van der Waals surface area contributed by atoms with Crippen LogP contribution in [0.1, 0.15) is 50.7 Å². The molecule has 1 heteroatoms. The Balaban J connectivity index is 1.83. The van der Waals surface area contributed by atoms with Crippen LogP contribution in [0.25, 0.3) is 0 Å². The van der Waals surface area contributed by atoms with Crippen molar-refractivity contribution in [2.45, 2.75) is 58.9 Å². The summed E-state index contributed by atoms with van der Waals surface area (Å²) in [6, 6.07) is 9.22. The van der Waals surface area contributed by atoms with Crippen LogP contribution in [0.3, 0.4) is 0 Å². The Hall–Kier alpha value is -0.820. The van der Waals surface area contributed by atoms with Gasteiger partial charge in [-0.15, -0.1) is 0 Å². The number of nitrogens with two attached hydrogens (primary N) is 1. The first-order valence-electron chi connectivity index (χ1n) is 7.87. The molecule has 1 aliphatic rings. The predicted molar refractivity (Wildman–Crippen MR) is 83.1 cm³/mol. The maximum atomic E-state index is 6.44. The third kappa shape index (κ3) is 4.07. The van der Waals surface area contributed by atoms with Crippen LogP contribution in [0.4, 0.5) is 0 Å². The van der Waals surface area contributed by atoms with E-state index in [2.05, 4.69) is 45.0 Å². The maximum absolute atomic E-state index is 6.44. The average molecular weight is 259 g/mol. The van der Waals surface area contributed by atoms with Gasteiger partial charge in [0.05, 0.1) is 0 Å². The Kier molecular flexibility index (Phi) is 5.04. The molecule has 0 amide bonds. The van der Waals surface area contributed by atoms with E-state index >= 15 is 0 Å². The van der Waals surface area contributed by atoms with E-state index < -0.39 is 0 Å². The molecule has 1 aromatic rings. The van der Waals surface area contributed by atoms with Crippen molar-refractivity contribution in [3.8, 4) is 0 Å². The summed E-state index contributed by atoms with van der Waals surface area (Å²) in [7, 11) is 0. The van der Waals surface area contributed by atoms with Gasteiger partial charge in [0, 0.05) is 6.04 Å². The van der Waals surface area contributed by atoms with Crippen LogP contribution in [0.2, 0.25) is 0 Å². The lowest BCUT2D eigenvalue weighted by molar-refractivity contribution is 0.182. The molecule has 1 nitrogen and oxygen atoms in total. The molecule has 1 aliphatic carbocycles. The summed E-state index contributed by atoms with van der Waals surface area (Å²) in [4.78, 5) is 0. The standard InChI is InChI=1S/C18H29N/c1-13-5-4-6-16(11-13)8-10-18(19)17-9-7-14(2)15(3)12-17/h4-6,11,14-15,17-18H,7-10,12,19H2,1-3H3. The zero-order chi connectivity index (χ0) is 13.8. The van der Waals surface area contributed by atoms with Gasteiger partial charge in [-0.05, 0) is 55.9 Å². The summed E-state index contributed by atoms with van der Waals surface area (Å²) in [6.45, 7) is 6.94. The highest BCUT2D eigenvalue weighted by Crippen LogP contribution is 2.35. The van der Waals surface area contributed by atoms with Crippen LogP contribution >= 0.6 is 0 Å². The molecule has 19 heavy (non-hydrogen) atoms. The minimum Gasteiger partial charge on any atom is -0.327 e.